The first-order valence-electron chi connectivity index (χ1n) is 4.61. The number of nitrogens with one attached hydrogen (secondary N) is 2. The first-order chi connectivity index (χ1) is 6.90. The molecule has 14 heavy (non-hydrogen) atoms. The summed E-state index contributed by atoms with van der Waals surface area (Å²) in [5, 5.41) is 13.2. The summed E-state index contributed by atoms with van der Waals surface area (Å²) in [6.07, 6.45) is 2.98. The van der Waals surface area contributed by atoms with Gasteiger partial charge in [0.1, 0.15) is 0 Å². The summed E-state index contributed by atoms with van der Waals surface area (Å²) < 4.78 is 0. The Morgan fingerprint density at radius 1 is 1.50 bits per heavy atom. The summed E-state index contributed by atoms with van der Waals surface area (Å²) in [4.78, 5) is 3.10. The van der Waals surface area contributed by atoms with Crippen LogP contribution in [0.5, 0.6) is 0 Å². The van der Waals surface area contributed by atoms with Gasteiger partial charge in [-0.25, -0.2) is 0 Å². The fraction of sp³-hybridized carbons (Fsp3) is 0.333. The van der Waals surface area contributed by atoms with Crippen LogP contribution in [0.25, 0.3) is 10.7 Å². The maximum Gasteiger partial charge on any atom is 0.206 e. The van der Waals surface area contributed by atoms with Crippen molar-refractivity contribution in [3.05, 3.63) is 18.3 Å². The molecule has 0 spiro atoms. The number of aromatic nitrogens is 3. The van der Waals surface area contributed by atoms with Crippen LogP contribution in [-0.2, 0) is 0 Å². The summed E-state index contributed by atoms with van der Waals surface area (Å²) in [7, 11) is 0. The van der Waals surface area contributed by atoms with E-state index in [-0.39, 0.29) is 0 Å². The molecule has 5 heteroatoms. The van der Waals surface area contributed by atoms with Gasteiger partial charge in [-0.2, -0.15) is 0 Å². The van der Waals surface area contributed by atoms with Crippen molar-refractivity contribution in [2.75, 3.05) is 11.9 Å². The Labute approximate surface area is 86.4 Å². The molecular formula is C9H12N4S. The molecule has 0 amide bonds. The third-order valence-electron chi connectivity index (χ3n) is 1.78. The quantitative estimate of drug-likeness (QED) is 0.811. The zero-order chi connectivity index (χ0) is 9.80. The number of nitrogens with zero attached hydrogens (tertiary/aromatic N) is 2. The number of H-pyrrole nitrogens is 1. The van der Waals surface area contributed by atoms with Gasteiger partial charge >= 0.3 is 0 Å². The molecular weight excluding hydrogens is 196 g/mol. The second kappa shape index (κ2) is 4.23. The molecule has 0 fully saturated rings. The highest BCUT2D eigenvalue weighted by molar-refractivity contribution is 7.18. The van der Waals surface area contributed by atoms with E-state index < -0.39 is 0 Å². The van der Waals surface area contributed by atoms with Crippen molar-refractivity contribution in [2.24, 2.45) is 0 Å². The van der Waals surface area contributed by atoms with Crippen LogP contribution in [0.3, 0.4) is 0 Å². The predicted molar refractivity (Wildman–Crippen MR) is 58.5 cm³/mol. The predicted octanol–water partition coefficient (Wildman–Crippen LogP) is 2.36. The van der Waals surface area contributed by atoms with E-state index in [9.17, 15) is 0 Å². The highest BCUT2D eigenvalue weighted by Crippen LogP contribution is 2.24. The van der Waals surface area contributed by atoms with E-state index in [0.717, 1.165) is 28.8 Å². The molecule has 2 rings (SSSR count). The minimum absolute atomic E-state index is 0.886. The van der Waals surface area contributed by atoms with Gasteiger partial charge in [0, 0.05) is 12.7 Å². The second-order valence-corrected chi connectivity index (χ2v) is 3.90. The molecule has 0 atom stereocenters. The highest BCUT2D eigenvalue weighted by atomic mass is 32.1. The first-order valence-corrected chi connectivity index (χ1v) is 5.43. The first kappa shape index (κ1) is 9.21. The van der Waals surface area contributed by atoms with E-state index in [1.165, 1.54) is 0 Å². The Morgan fingerprint density at radius 3 is 3.14 bits per heavy atom. The maximum absolute atomic E-state index is 4.09. The van der Waals surface area contributed by atoms with Crippen LogP contribution in [0, 0.1) is 0 Å². The second-order valence-electron chi connectivity index (χ2n) is 2.92. The van der Waals surface area contributed by atoms with E-state index in [1.807, 2.05) is 18.3 Å². The Kier molecular flexibility index (Phi) is 2.78. The fourth-order valence-corrected chi connectivity index (χ4v) is 1.86. The number of hydrogen-bond donors (Lipinski definition) is 2. The molecule has 2 aromatic heterocycles. The molecule has 0 bridgehead atoms. The molecule has 2 heterocycles. The van der Waals surface area contributed by atoms with Gasteiger partial charge in [-0.3, -0.25) is 0 Å². The average molecular weight is 208 g/mol. The number of anilines is 1. The van der Waals surface area contributed by atoms with Gasteiger partial charge in [-0.05, 0) is 18.6 Å². The van der Waals surface area contributed by atoms with Crippen LogP contribution >= 0.6 is 11.3 Å². The molecule has 74 valence electrons. The molecule has 0 saturated carbocycles. The molecule has 0 saturated heterocycles. The molecule has 2 aromatic rings. The van der Waals surface area contributed by atoms with E-state index >= 15 is 0 Å². The lowest BCUT2D eigenvalue weighted by Crippen LogP contribution is -1.98. The minimum atomic E-state index is 0.886. The van der Waals surface area contributed by atoms with Gasteiger partial charge in [-0.15, -0.1) is 10.2 Å². The fourth-order valence-electron chi connectivity index (χ4n) is 1.10. The summed E-state index contributed by atoms with van der Waals surface area (Å²) in [5.74, 6) is 0. The molecule has 0 radical (unpaired) electrons. The molecule has 0 aliphatic heterocycles. The Balaban J connectivity index is 2.10. The highest BCUT2D eigenvalue weighted by Gasteiger charge is 2.05. The number of rotatable bonds is 4. The van der Waals surface area contributed by atoms with Gasteiger partial charge in [0.2, 0.25) is 5.13 Å². The zero-order valence-electron chi connectivity index (χ0n) is 7.95. The lowest BCUT2D eigenvalue weighted by molar-refractivity contribution is 0.963. The SMILES string of the molecule is CCCNc1nnc(-c2ccc[nH]2)s1. The molecule has 0 aromatic carbocycles. The van der Waals surface area contributed by atoms with Crippen LogP contribution in [-0.4, -0.2) is 21.7 Å². The topological polar surface area (TPSA) is 53.6 Å². The Bertz CT molecular complexity index is 379. The minimum Gasteiger partial charge on any atom is -0.360 e. The van der Waals surface area contributed by atoms with Crippen molar-refractivity contribution < 1.29 is 0 Å². The van der Waals surface area contributed by atoms with Gasteiger partial charge in [-0.1, -0.05) is 18.3 Å². The number of hydrogen-bond acceptors (Lipinski definition) is 4. The van der Waals surface area contributed by atoms with Gasteiger partial charge in [0.25, 0.3) is 0 Å². The van der Waals surface area contributed by atoms with Gasteiger partial charge in [0.15, 0.2) is 5.01 Å². The van der Waals surface area contributed by atoms with Crippen LogP contribution < -0.4 is 5.32 Å². The van der Waals surface area contributed by atoms with Crippen molar-refractivity contribution >= 4 is 16.5 Å². The molecule has 0 aliphatic rings. The third kappa shape index (κ3) is 1.93. The van der Waals surface area contributed by atoms with Crippen LogP contribution in [0.2, 0.25) is 0 Å². The van der Waals surface area contributed by atoms with Crippen molar-refractivity contribution in [3.8, 4) is 10.7 Å². The average Bonchev–Trinajstić information content (AvgIpc) is 2.85. The van der Waals surface area contributed by atoms with Crippen LogP contribution in [0.15, 0.2) is 18.3 Å². The smallest absolute Gasteiger partial charge is 0.206 e. The van der Waals surface area contributed by atoms with Gasteiger partial charge in [0.05, 0.1) is 5.69 Å². The van der Waals surface area contributed by atoms with Gasteiger partial charge < -0.3 is 10.3 Å². The Morgan fingerprint density at radius 2 is 2.43 bits per heavy atom. The largest absolute Gasteiger partial charge is 0.360 e. The molecule has 0 aliphatic carbocycles. The third-order valence-corrected chi connectivity index (χ3v) is 2.69. The summed E-state index contributed by atoms with van der Waals surface area (Å²) >= 11 is 1.57. The lowest BCUT2D eigenvalue weighted by atomic mass is 10.5. The van der Waals surface area contributed by atoms with Crippen molar-refractivity contribution in [3.63, 3.8) is 0 Å². The summed E-state index contributed by atoms with van der Waals surface area (Å²) in [6.45, 7) is 3.07. The summed E-state index contributed by atoms with van der Waals surface area (Å²) in [5.41, 5.74) is 1.02. The Hall–Kier alpha value is -1.36. The maximum atomic E-state index is 4.09. The molecule has 4 nitrogen and oxygen atoms in total. The van der Waals surface area contributed by atoms with Crippen molar-refractivity contribution in [1.82, 2.24) is 15.2 Å². The van der Waals surface area contributed by atoms with E-state index in [4.69, 9.17) is 0 Å². The van der Waals surface area contributed by atoms with E-state index in [2.05, 4.69) is 27.4 Å². The molecule has 0 unspecified atom stereocenters. The standard InChI is InChI=1S/C9H12N4S/c1-2-5-11-9-13-12-8(14-9)7-4-3-6-10-7/h3-4,6,10H,2,5H2,1H3,(H,11,13). The monoisotopic (exact) mass is 208 g/mol. The van der Waals surface area contributed by atoms with E-state index in [1.54, 1.807) is 11.3 Å². The van der Waals surface area contributed by atoms with E-state index in [0.29, 0.717) is 0 Å². The normalized spacial score (nSPS) is 10.4. The lowest BCUT2D eigenvalue weighted by Gasteiger charge is -1.95. The van der Waals surface area contributed by atoms with Crippen molar-refractivity contribution in [1.29, 1.82) is 0 Å². The summed E-state index contributed by atoms with van der Waals surface area (Å²) in [6, 6.07) is 3.94. The van der Waals surface area contributed by atoms with Crippen LogP contribution in [0.4, 0.5) is 5.13 Å². The molecule has 2 N–H and O–H groups in total. The van der Waals surface area contributed by atoms with Crippen LogP contribution in [0.1, 0.15) is 13.3 Å². The zero-order valence-corrected chi connectivity index (χ0v) is 8.77. The van der Waals surface area contributed by atoms with Crippen molar-refractivity contribution in [2.45, 2.75) is 13.3 Å². The number of aromatic amines is 1.